The second kappa shape index (κ2) is 3.47. The van der Waals surface area contributed by atoms with Gasteiger partial charge in [0.15, 0.2) is 0 Å². The minimum atomic E-state index is -4.49. The molecule has 1 aromatic rings. The lowest BCUT2D eigenvalue weighted by Gasteiger charge is -2.14. The molecular formula is C10H9F3N2O. The highest BCUT2D eigenvalue weighted by atomic mass is 19.4. The number of alkyl halides is 3. The first-order valence-electron chi connectivity index (χ1n) is 4.77. The van der Waals surface area contributed by atoms with E-state index in [0.717, 1.165) is 6.07 Å². The van der Waals surface area contributed by atoms with Gasteiger partial charge in [-0.15, -0.1) is 4.91 Å². The number of anilines is 1. The van der Waals surface area contributed by atoms with Crippen molar-refractivity contribution in [2.24, 2.45) is 5.18 Å². The van der Waals surface area contributed by atoms with Gasteiger partial charge in [0.2, 0.25) is 0 Å². The average Bonchev–Trinajstić information content (AvgIpc) is 2.98. The lowest BCUT2D eigenvalue weighted by molar-refractivity contribution is -0.138. The lowest BCUT2D eigenvalue weighted by Crippen LogP contribution is -2.09. The van der Waals surface area contributed by atoms with Crippen LogP contribution >= 0.6 is 0 Å². The zero-order valence-electron chi connectivity index (χ0n) is 8.21. The van der Waals surface area contributed by atoms with Crippen LogP contribution in [-0.4, -0.2) is 0 Å². The summed E-state index contributed by atoms with van der Waals surface area (Å²) in [5.74, 6) is -0.204. The third-order valence-corrected chi connectivity index (χ3v) is 2.57. The van der Waals surface area contributed by atoms with E-state index in [0.29, 0.717) is 12.8 Å². The molecule has 0 amide bonds. The Bertz CT molecular complexity index is 438. The Kier molecular flexibility index (Phi) is 2.36. The van der Waals surface area contributed by atoms with Crippen LogP contribution in [0.5, 0.6) is 0 Å². The summed E-state index contributed by atoms with van der Waals surface area (Å²) < 4.78 is 38.2. The summed E-state index contributed by atoms with van der Waals surface area (Å²) in [4.78, 5) is 10.5. The van der Waals surface area contributed by atoms with Crippen LogP contribution in [0.1, 0.15) is 29.9 Å². The van der Waals surface area contributed by atoms with E-state index in [1.165, 1.54) is 6.07 Å². The van der Waals surface area contributed by atoms with Crippen LogP contribution in [0.25, 0.3) is 0 Å². The number of hydrogen-bond acceptors (Lipinski definition) is 3. The maximum atomic E-state index is 12.7. The van der Waals surface area contributed by atoms with Gasteiger partial charge in [-0.25, -0.2) is 0 Å². The highest BCUT2D eigenvalue weighted by Gasteiger charge is 2.40. The largest absolute Gasteiger partial charge is 0.416 e. The van der Waals surface area contributed by atoms with Gasteiger partial charge in [0, 0.05) is 5.69 Å². The maximum Gasteiger partial charge on any atom is 0.416 e. The molecule has 0 aliphatic heterocycles. The summed E-state index contributed by atoms with van der Waals surface area (Å²) in [6, 6.07) is 2.05. The molecule has 6 heteroatoms. The highest BCUT2D eigenvalue weighted by molar-refractivity contribution is 5.62. The van der Waals surface area contributed by atoms with Crippen molar-refractivity contribution in [1.29, 1.82) is 0 Å². The summed E-state index contributed by atoms with van der Waals surface area (Å²) in [5, 5.41) is 2.64. The topological polar surface area (TPSA) is 55.4 Å². The first-order chi connectivity index (χ1) is 7.43. The Morgan fingerprint density at radius 3 is 2.38 bits per heavy atom. The minimum absolute atomic E-state index is 0.00306. The molecule has 3 nitrogen and oxygen atoms in total. The first kappa shape index (κ1) is 10.9. The Morgan fingerprint density at radius 2 is 1.94 bits per heavy atom. The molecule has 1 saturated carbocycles. The van der Waals surface area contributed by atoms with Crippen molar-refractivity contribution in [1.82, 2.24) is 0 Å². The standard InChI is InChI=1S/C10H9F3N2O/c11-10(12,13)7-3-6(14)4-8(15-16)9(7)5-1-2-5/h3-5H,1-2,14H2. The van der Waals surface area contributed by atoms with Gasteiger partial charge in [-0.1, -0.05) is 0 Å². The fraction of sp³-hybridized carbons (Fsp3) is 0.400. The summed E-state index contributed by atoms with van der Waals surface area (Å²) >= 11 is 0. The summed E-state index contributed by atoms with van der Waals surface area (Å²) in [7, 11) is 0. The molecule has 1 aromatic carbocycles. The van der Waals surface area contributed by atoms with Gasteiger partial charge in [0.25, 0.3) is 0 Å². The van der Waals surface area contributed by atoms with E-state index in [-0.39, 0.29) is 22.9 Å². The van der Waals surface area contributed by atoms with Crippen LogP contribution in [0.3, 0.4) is 0 Å². The number of rotatable bonds is 2. The first-order valence-corrected chi connectivity index (χ1v) is 4.77. The van der Waals surface area contributed by atoms with Gasteiger partial charge in [-0.2, -0.15) is 13.2 Å². The number of benzene rings is 1. The molecule has 0 bridgehead atoms. The summed E-state index contributed by atoms with van der Waals surface area (Å²) in [6.45, 7) is 0. The smallest absolute Gasteiger partial charge is 0.399 e. The van der Waals surface area contributed by atoms with Gasteiger partial charge >= 0.3 is 6.18 Å². The molecule has 0 atom stereocenters. The highest BCUT2D eigenvalue weighted by Crippen LogP contribution is 2.50. The Hall–Kier alpha value is -1.59. The quantitative estimate of drug-likeness (QED) is 0.623. The van der Waals surface area contributed by atoms with E-state index in [2.05, 4.69) is 5.18 Å². The number of halogens is 3. The van der Waals surface area contributed by atoms with Crippen molar-refractivity contribution < 1.29 is 13.2 Å². The van der Waals surface area contributed by atoms with E-state index in [1.54, 1.807) is 0 Å². The van der Waals surface area contributed by atoms with Crippen molar-refractivity contribution >= 4 is 11.4 Å². The number of nitrogen functional groups attached to an aromatic ring is 1. The fourth-order valence-corrected chi connectivity index (χ4v) is 1.77. The molecule has 1 aliphatic rings. The molecule has 0 spiro atoms. The van der Waals surface area contributed by atoms with E-state index in [9.17, 15) is 18.1 Å². The Morgan fingerprint density at radius 1 is 1.31 bits per heavy atom. The normalized spacial score (nSPS) is 16.2. The third kappa shape index (κ3) is 1.87. The molecule has 0 saturated heterocycles. The lowest BCUT2D eigenvalue weighted by atomic mass is 10.00. The van der Waals surface area contributed by atoms with Gasteiger partial charge < -0.3 is 5.73 Å². The van der Waals surface area contributed by atoms with Gasteiger partial charge in [-0.3, -0.25) is 0 Å². The molecular weight excluding hydrogens is 221 g/mol. The average molecular weight is 230 g/mol. The van der Waals surface area contributed by atoms with E-state index < -0.39 is 11.7 Å². The number of hydrogen-bond donors (Lipinski definition) is 1. The molecule has 0 heterocycles. The van der Waals surface area contributed by atoms with E-state index in [4.69, 9.17) is 5.73 Å². The fourth-order valence-electron chi connectivity index (χ4n) is 1.77. The van der Waals surface area contributed by atoms with Crippen LogP contribution < -0.4 is 5.73 Å². The van der Waals surface area contributed by atoms with Crippen LogP contribution in [0.2, 0.25) is 0 Å². The number of nitroso groups, excluding NO2 is 1. The zero-order valence-corrected chi connectivity index (χ0v) is 8.21. The van der Waals surface area contributed by atoms with Crippen LogP contribution in [-0.2, 0) is 6.18 Å². The summed E-state index contributed by atoms with van der Waals surface area (Å²) in [6.07, 6.45) is -3.17. The molecule has 1 fully saturated rings. The number of nitrogens with two attached hydrogens (primary N) is 1. The van der Waals surface area contributed by atoms with E-state index in [1.807, 2.05) is 0 Å². The van der Waals surface area contributed by atoms with Crippen LogP contribution in [0.4, 0.5) is 24.5 Å². The Labute approximate surface area is 89.4 Å². The van der Waals surface area contributed by atoms with Crippen molar-refractivity contribution in [3.63, 3.8) is 0 Å². The molecule has 1 aliphatic carbocycles. The van der Waals surface area contributed by atoms with Gasteiger partial charge in [-0.05, 0) is 41.6 Å². The zero-order chi connectivity index (χ0) is 11.9. The molecule has 0 radical (unpaired) electrons. The van der Waals surface area contributed by atoms with Crippen LogP contribution in [0.15, 0.2) is 17.3 Å². The van der Waals surface area contributed by atoms with Crippen molar-refractivity contribution in [3.8, 4) is 0 Å². The van der Waals surface area contributed by atoms with Crippen molar-refractivity contribution in [3.05, 3.63) is 28.2 Å². The van der Waals surface area contributed by atoms with Crippen LogP contribution in [0, 0.1) is 4.91 Å². The number of nitrogens with zero attached hydrogens (tertiary/aromatic N) is 1. The van der Waals surface area contributed by atoms with Gasteiger partial charge in [0.1, 0.15) is 5.69 Å². The van der Waals surface area contributed by atoms with Crippen molar-refractivity contribution in [2.75, 3.05) is 5.73 Å². The maximum absolute atomic E-state index is 12.7. The monoisotopic (exact) mass is 230 g/mol. The molecule has 0 aromatic heterocycles. The van der Waals surface area contributed by atoms with Gasteiger partial charge in [0.05, 0.1) is 5.56 Å². The molecule has 0 unspecified atom stereocenters. The summed E-state index contributed by atoms with van der Waals surface area (Å²) in [5.41, 5.74) is 4.21. The predicted octanol–water partition coefficient (Wildman–Crippen LogP) is 3.56. The minimum Gasteiger partial charge on any atom is -0.399 e. The molecule has 2 N–H and O–H groups in total. The van der Waals surface area contributed by atoms with E-state index >= 15 is 0 Å². The Balaban J connectivity index is 2.64. The molecule has 86 valence electrons. The van der Waals surface area contributed by atoms with Crippen molar-refractivity contribution in [2.45, 2.75) is 24.9 Å². The molecule has 16 heavy (non-hydrogen) atoms. The SMILES string of the molecule is Nc1cc(N=O)c(C2CC2)c(C(F)(F)F)c1. The predicted molar refractivity (Wildman–Crippen MR) is 53.3 cm³/mol. The second-order valence-electron chi connectivity index (χ2n) is 3.86. The molecule has 2 rings (SSSR count). The third-order valence-electron chi connectivity index (χ3n) is 2.57. The second-order valence-corrected chi connectivity index (χ2v) is 3.86.